The van der Waals surface area contributed by atoms with E-state index in [0.717, 1.165) is 47.0 Å². The number of rotatable bonds is 9. The monoisotopic (exact) mass is 440 g/mol. The predicted molar refractivity (Wildman–Crippen MR) is 132 cm³/mol. The zero-order chi connectivity index (χ0) is 23.0. The molecule has 0 saturated heterocycles. The van der Waals surface area contributed by atoms with Crippen molar-refractivity contribution in [2.24, 2.45) is 0 Å². The molecule has 0 spiro atoms. The van der Waals surface area contributed by atoms with Crippen LogP contribution in [0.15, 0.2) is 72.8 Å². The quantitative estimate of drug-likeness (QED) is 0.293. The number of hydrogen-bond donors (Lipinski definition) is 3. The first-order valence-corrected chi connectivity index (χ1v) is 11.3. The Kier molecular flexibility index (Phi) is 7.15. The zero-order valence-corrected chi connectivity index (χ0v) is 18.7. The maximum Gasteiger partial charge on any atom is 0.251 e. The Balaban J connectivity index is 1.46. The molecule has 168 valence electrons. The molecule has 0 aliphatic heterocycles. The number of hydrogen-bond acceptors (Lipinski definition) is 3. The molecule has 0 aliphatic rings. The SMILES string of the molecule is CCCCCC(=O)Nc1nc2ccc(-c3cccc(C(=O)NCc4ccccc4)c3)cc2[nH]1. The van der Waals surface area contributed by atoms with Gasteiger partial charge in [-0.25, -0.2) is 4.98 Å². The molecule has 0 unspecified atom stereocenters. The highest BCUT2D eigenvalue weighted by Gasteiger charge is 2.10. The number of H-pyrrole nitrogens is 1. The third kappa shape index (κ3) is 5.86. The number of carbonyl (C=O) groups excluding carboxylic acids is 2. The number of nitrogens with one attached hydrogen (secondary N) is 3. The summed E-state index contributed by atoms with van der Waals surface area (Å²) in [7, 11) is 0. The highest BCUT2D eigenvalue weighted by molar-refractivity contribution is 5.96. The standard InChI is InChI=1S/C27H28N4O2/c1-2-3-5-13-25(32)31-27-29-23-15-14-21(17-24(23)30-27)20-11-8-12-22(16-20)26(33)28-18-19-9-6-4-7-10-19/h4,6-12,14-17H,2-3,5,13,18H2,1H3,(H,28,33)(H2,29,30,31,32). The highest BCUT2D eigenvalue weighted by Crippen LogP contribution is 2.25. The topological polar surface area (TPSA) is 86.9 Å². The van der Waals surface area contributed by atoms with Crippen molar-refractivity contribution in [3.05, 3.63) is 83.9 Å². The number of nitrogens with zero attached hydrogens (tertiary/aromatic N) is 1. The van der Waals surface area contributed by atoms with Gasteiger partial charge in [0, 0.05) is 18.5 Å². The van der Waals surface area contributed by atoms with E-state index in [0.29, 0.717) is 24.5 Å². The first-order valence-electron chi connectivity index (χ1n) is 11.3. The number of fused-ring (bicyclic) bond motifs is 1. The molecule has 33 heavy (non-hydrogen) atoms. The van der Waals surface area contributed by atoms with E-state index in [4.69, 9.17) is 0 Å². The maximum atomic E-state index is 12.6. The minimum absolute atomic E-state index is 0.0306. The predicted octanol–water partition coefficient (Wildman–Crippen LogP) is 5.68. The van der Waals surface area contributed by atoms with Crippen molar-refractivity contribution < 1.29 is 9.59 Å². The highest BCUT2D eigenvalue weighted by atomic mass is 16.2. The van der Waals surface area contributed by atoms with Crippen LogP contribution in [0, 0.1) is 0 Å². The molecule has 0 radical (unpaired) electrons. The van der Waals surface area contributed by atoms with Gasteiger partial charge in [-0.05, 0) is 47.4 Å². The summed E-state index contributed by atoms with van der Waals surface area (Å²) in [6, 6.07) is 23.2. The Labute approximate surface area is 193 Å². The van der Waals surface area contributed by atoms with Crippen molar-refractivity contribution in [1.29, 1.82) is 0 Å². The second kappa shape index (κ2) is 10.6. The number of imidazole rings is 1. The summed E-state index contributed by atoms with van der Waals surface area (Å²) in [6.07, 6.45) is 3.49. The van der Waals surface area contributed by atoms with Crippen LogP contribution in [0.25, 0.3) is 22.2 Å². The zero-order valence-electron chi connectivity index (χ0n) is 18.7. The minimum atomic E-state index is -0.114. The van der Waals surface area contributed by atoms with Crippen LogP contribution < -0.4 is 10.6 Å². The number of anilines is 1. The van der Waals surface area contributed by atoms with Gasteiger partial charge in [0.2, 0.25) is 11.9 Å². The van der Waals surface area contributed by atoms with Crippen LogP contribution in [0.2, 0.25) is 0 Å². The normalized spacial score (nSPS) is 10.8. The smallest absolute Gasteiger partial charge is 0.251 e. The molecule has 4 rings (SSSR count). The van der Waals surface area contributed by atoms with Gasteiger partial charge in [-0.1, -0.05) is 68.3 Å². The first-order chi connectivity index (χ1) is 16.1. The van der Waals surface area contributed by atoms with Crippen LogP contribution in [0.3, 0.4) is 0 Å². The number of carbonyl (C=O) groups is 2. The van der Waals surface area contributed by atoms with Crippen LogP contribution >= 0.6 is 0 Å². The summed E-state index contributed by atoms with van der Waals surface area (Å²) in [5.74, 6) is 0.311. The Morgan fingerprint density at radius 1 is 0.909 bits per heavy atom. The Bertz CT molecular complexity index is 1250. The van der Waals surface area contributed by atoms with Gasteiger partial charge in [0.1, 0.15) is 0 Å². The van der Waals surface area contributed by atoms with E-state index in [1.54, 1.807) is 0 Å². The second-order valence-corrected chi connectivity index (χ2v) is 8.07. The van der Waals surface area contributed by atoms with Gasteiger partial charge in [-0.15, -0.1) is 0 Å². The third-order valence-electron chi connectivity index (χ3n) is 5.50. The molecule has 1 heterocycles. The van der Waals surface area contributed by atoms with Gasteiger partial charge in [0.05, 0.1) is 11.0 Å². The number of aromatic amines is 1. The Morgan fingerprint density at radius 2 is 1.73 bits per heavy atom. The average molecular weight is 441 g/mol. The van der Waals surface area contributed by atoms with E-state index < -0.39 is 0 Å². The molecule has 1 aromatic heterocycles. The lowest BCUT2D eigenvalue weighted by Gasteiger charge is -2.08. The van der Waals surface area contributed by atoms with Gasteiger partial charge in [-0.3, -0.25) is 14.9 Å². The molecule has 0 atom stereocenters. The van der Waals surface area contributed by atoms with Gasteiger partial charge >= 0.3 is 0 Å². The molecular weight excluding hydrogens is 412 g/mol. The molecule has 0 bridgehead atoms. The summed E-state index contributed by atoms with van der Waals surface area (Å²) in [5, 5.41) is 5.81. The Hall–Kier alpha value is -3.93. The van der Waals surface area contributed by atoms with Crippen LogP contribution in [0.1, 0.15) is 48.5 Å². The molecular formula is C27H28N4O2. The number of unbranched alkanes of at least 4 members (excludes halogenated alkanes) is 2. The molecule has 6 heteroatoms. The van der Waals surface area contributed by atoms with Crippen molar-refractivity contribution in [1.82, 2.24) is 15.3 Å². The van der Waals surface area contributed by atoms with E-state index in [9.17, 15) is 9.59 Å². The minimum Gasteiger partial charge on any atom is -0.348 e. The summed E-state index contributed by atoms with van der Waals surface area (Å²) < 4.78 is 0. The molecule has 3 aromatic carbocycles. The largest absolute Gasteiger partial charge is 0.348 e. The van der Waals surface area contributed by atoms with Crippen LogP contribution in [-0.2, 0) is 11.3 Å². The average Bonchev–Trinajstić information content (AvgIpc) is 3.24. The lowest BCUT2D eigenvalue weighted by atomic mass is 10.0. The van der Waals surface area contributed by atoms with Crippen LogP contribution in [0.4, 0.5) is 5.95 Å². The van der Waals surface area contributed by atoms with E-state index in [2.05, 4.69) is 27.5 Å². The summed E-state index contributed by atoms with van der Waals surface area (Å²) >= 11 is 0. The molecule has 4 aromatic rings. The lowest BCUT2D eigenvalue weighted by molar-refractivity contribution is -0.116. The number of amides is 2. The van der Waals surface area contributed by atoms with Crippen molar-refractivity contribution >= 4 is 28.8 Å². The van der Waals surface area contributed by atoms with Gasteiger partial charge < -0.3 is 10.3 Å². The van der Waals surface area contributed by atoms with Crippen LogP contribution in [-0.4, -0.2) is 21.8 Å². The second-order valence-electron chi connectivity index (χ2n) is 8.07. The third-order valence-corrected chi connectivity index (χ3v) is 5.50. The fourth-order valence-corrected chi connectivity index (χ4v) is 3.70. The molecule has 6 nitrogen and oxygen atoms in total. The summed E-state index contributed by atoms with van der Waals surface area (Å²) in [5.41, 5.74) is 5.16. The van der Waals surface area contributed by atoms with Gasteiger partial charge in [0.25, 0.3) is 5.91 Å². The fourth-order valence-electron chi connectivity index (χ4n) is 3.70. The van der Waals surface area contributed by atoms with E-state index in [1.165, 1.54) is 0 Å². The fraction of sp³-hybridized carbons (Fsp3) is 0.222. The summed E-state index contributed by atoms with van der Waals surface area (Å²) in [6.45, 7) is 2.60. The summed E-state index contributed by atoms with van der Waals surface area (Å²) in [4.78, 5) is 32.4. The first kappa shape index (κ1) is 22.3. The van der Waals surface area contributed by atoms with Crippen molar-refractivity contribution in [3.8, 4) is 11.1 Å². The van der Waals surface area contributed by atoms with Gasteiger partial charge in [-0.2, -0.15) is 0 Å². The van der Waals surface area contributed by atoms with E-state index in [-0.39, 0.29) is 11.8 Å². The molecule has 3 N–H and O–H groups in total. The van der Waals surface area contributed by atoms with Crippen molar-refractivity contribution in [2.45, 2.75) is 39.2 Å². The van der Waals surface area contributed by atoms with Crippen LogP contribution in [0.5, 0.6) is 0 Å². The van der Waals surface area contributed by atoms with Crippen molar-refractivity contribution in [3.63, 3.8) is 0 Å². The molecule has 0 saturated carbocycles. The Morgan fingerprint density at radius 3 is 2.55 bits per heavy atom. The van der Waals surface area contributed by atoms with Crippen molar-refractivity contribution in [2.75, 3.05) is 5.32 Å². The molecule has 2 amide bonds. The lowest BCUT2D eigenvalue weighted by Crippen LogP contribution is -2.22. The van der Waals surface area contributed by atoms with E-state index in [1.807, 2.05) is 72.8 Å². The number of aromatic nitrogens is 2. The molecule has 0 aliphatic carbocycles. The van der Waals surface area contributed by atoms with Gasteiger partial charge in [0.15, 0.2) is 0 Å². The van der Waals surface area contributed by atoms with E-state index >= 15 is 0 Å². The molecule has 0 fully saturated rings. The number of benzene rings is 3. The maximum absolute atomic E-state index is 12.6.